The van der Waals surface area contributed by atoms with Gasteiger partial charge in [-0.1, -0.05) is 44.5 Å². The number of benzene rings is 1. The van der Waals surface area contributed by atoms with E-state index >= 15 is 0 Å². The first-order valence-electron chi connectivity index (χ1n) is 6.10. The average molecular weight is 205 g/mol. The van der Waals surface area contributed by atoms with Gasteiger partial charge in [0.1, 0.15) is 0 Å². The third kappa shape index (κ3) is 3.67. The lowest BCUT2D eigenvalue weighted by atomic mass is 9.95. The summed E-state index contributed by atoms with van der Waals surface area (Å²) < 4.78 is 0. The van der Waals surface area contributed by atoms with Crippen molar-refractivity contribution in [1.29, 1.82) is 0 Å². The van der Waals surface area contributed by atoms with Crippen LogP contribution in [0.15, 0.2) is 24.3 Å². The first-order valence-corrected chi connectivity index (χ1v) is 6.10. The first-order chi connectivity index (χ1) is 7.31. The van der Waals surface area contributed by atoms with Gasteiger partial charge in [0, 0.05) is 0 Å². The number of hydrogen-bond acceptors (Lipinski definition) is 1. The molecular weight excluding hydrogens is 182 g/mol. The van der Waals surface area contributed by atoms with Crippen molar-refractivity contribution in [3.63, 3.8) is 0 Å². The molecule has 0 aliphatic carbocycles. The Balaban J connectivity index is 2.62. The summed E-state index contributed by atoms with van der Waals surface area (Å²) in [5, 5.41) is 0. The molecule has 1 aromatic rings. The lowest BCUT2D eigenvalue weighted by molar-refractivity contribution is 0.673. The molecule has 1 unspecified atom stereocenters. The third-order valence-electron chi connectivity index (χ3n) is 3.05. The van der Waals surface area contributed by atoms with Crippen molar-refractivity contribution < 1.29 is 0 Å². The third-order valence-corrected chi connectivity index (χ3v) is 3.05. The maximum atomic E-state index is 5.73. The van der Waals surface area contributed by atoms with Crippen molar-refractivity contribution in [2.45, 2.75) is 45.4 Å². The van der Waals surface area contributed by atoms with Crippen LogP contribution in [-0.2, 0) is 6.42 Å². The van der Waals surface area contributed by atoms with Crippen LogP contribution in [0.25, 0.3) is 0 Å². The van der Waals surface area contributed by atoms with Gasteiger partial charge >= 0.3 is 0 Å². The highest BCUT2D eigenvalue weighted by Crippen LogP contribution is 2.19. The molecule has 0 heterocycles. The van der Waals surface area contributed by atoms with E-state index in [2.05, 4.69) is 38.1 Å². The molecule has 0 spiro atoms. The molecule has 0 aromatic heterocycles. The highest BCUT2D eigenvalue weighted by atomic mass is 14.5. The van der Waals surface area contributed by atoms with Gasteiger partial charge in [-0.2, -0.15) is 0 Å². The molecule has 0 radical (unpaired) electrons. The number of unbranched alkanes of at least 4 members (excludes halogenated alkanes) is 1. The van der Waals surface area contributed by atoms with Gasteiger partial charge in [0.15, 0.2) is 0 Å². The second-order valence-corrected chi connectivity index (χ2v) is 4.19. The van der Waals surface area contributed by atoms with E-state index in [1.54, 1.807) is 0 Å². The molecule has 2 N–H and O–H groups in total. The van der Waals surface area contributed by atoms with Crippen molar-refractivity contribution in [3.8, 4) is 0 Å². The molecule has 0 bridgehead atoms. The highest BCUT2D eigenvalue weighted by molar-refractivity contribution is 5.25. The van der Waals surface area contributed by atoms with Gasteiger partial charge < -0.3 is 5.73 Å². The number of nitrogens with two attached hydrogens (primary N) is 1. The van der Waals surface area contributed by atoms with Crippen LogP contribution in [0, 0.1) is 0 Å². The van der Waals surface area contributed by atoms with Crippen molar-refractivity contribution in [1.82, 2.24) is 0 Å². The normalized spacial score (nSPS) is 12.7. The molecule has 0 saturated carbocycles. The van der Waals surface area contributed by atoms with Crippen LogP contribution in [0.5, 0.6) is 0 Å². The molecule has 84 valence electrons. The minimum absolute atomic E-state index is 0.533. The molecule has 0 fully saturated rings. The molecule has 0 aliphatic heterocycles. The Kier molecular flexibility index (Phi) is 5.41. The predicted molar refractivity (Wildman–Crippen MR) is 67.1 cm³/mol. The van der Waals surface area contributed by atoms with Crippen LogP contribution in [0.4, 0.5) is 0 Å². The van der Waals surface area contributed by atoms with Crippen LogP contribution >= 0.6 is 0 Å². The molecule has 0 aliphatic rings. The Hall–Kier alpha value is -0.820. The molecule has 1 aromatic carbocycles. The summed E-state index contributed by atoms with van der Waals surface area (Å²) >= 11 is 0. The largest absolute Gasteiger partial charge is 0.330 e. The fourth-order valence-electron chi connectivity index (χ4n) is 1.88. The minimum atomic E-state index is 0.533. The molecule has 1 rings (SSSR count). The zero-order valence-corrected chi connectivity index (χ0v) is 10.00. The van der Waals surface area contributed by atoms with E-state index in [-0.39, 0.29) is 0 Å². The standard InChI is InChI=1S/C14H23N/c1-3-5-6-12-7-9-14(10-8-12)13(4-2)11-15/h7-10,13H,3-6,11,15H2,1-2H3. The summed E-state index contributed by atoms with van der Waals surface area (Å²) in [7, 11) is 0. The topological polar surface area (TPSA) is 26.0 Å². The summed E-state index contributed by atoms with van der Waals surface area (Å²) in [6, 6.07) is 8.99. The van der Waals surface area contributed by atoms with Gasteiger partial charge in [-0.25, -0.2) is 0 Å². The summed E-state index contributed by atoms with van der Waals surface area (Å²) in [6.07, 6.45) is 4.89. The van der Waals surface area contributed by atoms with Crippen LogP contribution in [0.3, 0.4) is 0 Å². The summed E-state index contributed by atoms with van der Waals surface area (Å²) in [5.41, 5.74) is 8.57. The van der Waals surface area contributed by atoms with Gasteiger partial charge in [-0.15, -0.1) is 0 Å². The van der Waals surface area contributed by atoms with Gasteiger partial charge in [-0.3, -0.25) is 0 Å². The van der Waals surface area contributed by atoms with Crippen molar-refractivity contribution in [2.24, 2.45) is 5.73 Å². The second kappa shape index (κ2) is 6.62. The first kappa shape index (κ1) is 12.3. The molecule has 15 heavy (non-hydrogen) atoms. The van der Waals surface area contributed by atoms with E-state index < -0.39 is 0 Å². The van der Waals surface area contributed by atoms with Crippen LogP contribution in [-0.4, -0.2) is 6.54 Å². The smallest absolute Gasteiger partial charge is 0.000834 e. The number of aryl methyl sites for hydroxylation is 1. The molecule has 1 heteroatoms. The minimum Gasteiger partial charge on any atom is -0.330 e. The zero-order valence-electron chi connectivity index (χ0n) is 10.00. The fourth-order valence-corrected chi connectivity index (χ4v) is 1.88. The van der Waals surface area contributed by atoms with Gasteiger partial charge in [0.05, 0.1) is 0 Å². The summed E-state index contributed by atoms with van der Waals surface area (Å²) in [6.45, 7) is 5.18. The van der Waals surface area contributed by atoms with E-state index in [9.17, 15) is 0 Å². The number of rotatable bonds is 6. The SMILES string of the molecule is CCCCc1ccc(C(CC)CN)cc1. The van der Waals surface area contributed by atoms with E-state index in [1.807, 2.05) is 0 Å². The van der Waals surface area contributed by atoms with Crippen LogP contribution in [0.2, 0.25) is 0 Å². The Labute approximate surface area is 93.7 Å². The van der Waals surface area contributed by atoms with Crippen molar-refractivity contribution in [3.05, 3.63) is 35.4 Å². The second-order valence-electron chi connectivity index (χ2n) is 4.19. The molecule has 1 nitrogen and oxygen atoms in total. The van der Waals surface area contributed by atoms with Crippen LogP contribution in [0.1, 0.15) is 50.2 Å². The van der Waals surface area contributed by atoms with Crippen LogP contribution < -0.4 is 5.73 Å². The van der Waals surface area contributed by atoms with E-state index in [4.69, 9.17) is 5.73 Å². The quantitative estimate of drug-likeness (QED) is 0.756. The van der Waals surface area contributed by atoms with Gasteiger partial charge in [0.25, 0.3) is 0 Å². The Bertz CT molecular complexity index is 259. The monoisotopic (exact) mass is 205 g/mol. The Morgan fingerprint density at radius 3 is 2.27 bits per heavy atom. The number of hydrogen-bond donors (Lipinski definition) is 1. The van der Waals surface area contributed by atoms with Gasteiger partial charge in [0.2, 0.25) is 0 Å². The zero-order chi connectivity index (χ0) is 11.1. The maximum Gasteiger partial charge on any atom is -0.000834 e. The lowest BCUT2D eigenvalue weighted by Gasteiger charge is -2.12. The summed E-state index contributed by atoms with van der Waals surface area (Å²) in [4.78, 5) is 0. The van der Waals surface area contributed by atoms with Crippen molar-refractivity contribution >= 4 is 0 Å². The lowest BCUT2D eigenvalue weighted by Crippen LogP contribution is -2.11. The average Bonchev–Trinajstić information content (AvgIpc) is 2.29. The van der Waals surface area contributed by atoms with Crippen molar-refractivity contribution in [2.75, 3.05) is 6.54 Å². The molecule has 0 amide bonds. The van der Waals surface area contributed by atoms with E-state index in [0.29, 0.717) is 5.92 Å². The molecule has 1 atom stereocenters. The predicted octanol–water partition coefficient (Wildman–Crippen LogP) is 3.48. The molecular formula is C14H23N. The summed E-state index contributed by atoms with van der Waals surface area (Å²) in [5.74, 6) is 0.533. The Morgan fingerprint density at radius 1 is 1.13 bits per heavy atom. The Morgan fingerprint density at radius 2 is 1.80 bits per heavy atom. The van der Waals surface area contributed by atoms with Gasteiger partial charge in [-0.05, 0) is 42.9 Å². The molecule has 0 saturated heterocycles. The maximum absolute atomic E-state index is 5.73. The van der Waals surface area contributed by atoms with E-state index in [1.165, 1.54) is 30.4 Å². The highest BCUT2D eigenvalue weighted by Gasteiger charge is 2.06. The fraction of sp³-hybridized carbons (Fsp3) is 0.571. The van der Waals surface area contributed by atoms with E-state index in [0.717, 1.165) is 13.0 Å².